The van der Waals surface area contributed by atoms with Crippen molar-refractivity contribution in [1.82, 2.24) is 34.9 Å². The minimum Gasteiger partial charge on any atom is -0.383 e. The molecule has 0 aliphatic carbocycles. The molecule has 3 aromatic heterocycles. The lowest BCUT2D eigenvalue weighted by atomic mass is 10.1. The van der Waals surface area contributed by atoms with Gasteiger partial charge < -0.3 is 19.9 Å². The van der Waals surface area contributed by atoms with Crippen molar-refractivity contribution in [2.75, 3.05) is 34.4 Å². The van der Waals surface area contributed by atoms with E-state index < -0.39 is 0 Å². The van der Waals surface area contributed by atoms with Gasteiger partial charge in [0.1, 0.15) is 22.7 Å². The number of rotatable bonds is 8. The maximum absolute atomic E-state index is 14.0. The minimum atomic E-state index is -0.327. The average Bonchev–Trinajstić information content (AvgIpc) is 3.33. The molecule has 2 N–H and O–H groups in total. The van der Waals surface area contributed by atoms with Gasteiger partial charge in [0.2, 0.25) is 0 Å². The normalized spacial score (nSPS) is 12.7. The molecule has 0 bridgehead atoms. The number of amides is 1. The molecule has 9 nitrogen and oxygen atoms in total. The van der Waals surface area contributed by atoms with Gasteiger partial charge in [-0.1, -0.05) is 0 Å². The highest BCUT2D eigenvalue weighted by atomic mass is 19.1. The number of carbonyl (C=O) groups is 1. The highest BCUT2D eigenvalue weighted by molar-refractivity contribution is 6.05. The number of hydrogen-bond donors (Lipinski definition) is 2. The highest BCUT2D eigenvalue weighted by Gasteiger charge is 2.19. The molecule has 0 spiro atoms. The molecule has 0 radical (unpaired) electrons. The fourth-order valence-electron chi connectivity index (χ4n) is 3.57. The molecule has 0 fully saturated rings. The Kier molecular flexibility index (Phi) is 6.15. The predicted molar refractivity (Wildman–Crippen MR) is 120 cm³/mol. The van der Waals surface area contributed by atoms with Crippen molar-refractivity contribution >= 4 is 28.0 Å². The molecule has 168 valence electrons. The van der Waals surface area contributed by atoms with Crippen LogP contribution in [0.5, 0.6) is 0 Å². The van der Waals surface area contributed by atoms with Gasteiger partial charge in [0.15, 0.2) is 5.65 Å². The first-order valence-electron chi connectivity index (χ1n) is 10.3. The minimum absolute atomic E-state index is 0.153. The van der Waals surface area contributed by atoms with E-state index in [9.17, 15) is 9.18 Å². The first kappa shape index (κ1) is 21.8. The Balaban J connectivity index is 1.76. The number of H-pyrrole nitrogens is 1. The number of halogens is 1. The van der Waals surface area contributed by atoms with Crippen molar-refractivity contribution in [3.05, 3.63) is 42.0 Å². The highest BCUT2D eigenvalue weighted by Crippen LogP contribution is 2.28. The van der Waals surface area contributed by atoms with E-state index in [-0.39, 0.29) is 17.8 Å². The van der Waals surface area contributed by atoms with Crippen molar-refractivity contribution in [2.45, 2.75) is 19.5 Å². The van der Waals surface area contributed by atoms with E-state index >= 15 is 0 Å². The molecule has 0 aliphatic rings. The summed E-state index contributed by atoms with van der Waals surface area (Å²) in [5.74, 6) is -0.595. The summed E-state index contributed by atoms with van der Waals surface area (Å²) < 4.78 is 20.8. The lowest BCUT2D eigenvalue weighted by Gasteiger charge is -2.11. The van der Waals surface area contributed by atoms with Crippen LogP contribution in [0.3, 0.4) is 0 Å². The van der Waals surface area contributed by atoms with Crippen LogP contribution in [0.15, 0.2) is 30.6 Å². The second-order valence-corrected chi connectivity index (χ2v) is 8.02. The van der Waals surface area contributed by atoms with Gasteiger partial charge >= 0.3 is 0 Å². The second-order valence-electron chi connectivity index (χ2n) is 8.02. The number of likely N-dealkylation sites (N-methyl/N-ethyl adjacent to an activating group) is 1. The summed E-state index contributed by atoms with van der Waals surface area (Å²) in [6.45, 7) is 3.61. The van der Waals surface area contributed by atoms with Gasteiger partial charge in [0.05, 0.1) is 30.4 Å². The summed E-state index contributed by atoms with van der Waals surface area (Å²) in [5, 5.41) is 8.36. The van der Waals surface area contributed by atoms with Gasteiger partial charge in [-0.15, -0.1) is 0 Å². The fraction of sp³-hybridized carbons (Fsp3) is 0.364. The summed E-state index contributed by atoms with van der Waals surface area (Å²) in [6, 6.07) is 4.42. The van der Waals surface area contributed by atoms with Crippen LogP contribution in [0.1, 0.15) is 17.3 Å². The number of nitrogens with zero attached hydrogens (tertiary/aromatic N) is 5. The summed E-state index contributed by atoms with van der Waals surface area (Å²) in [4.78, 5) is 26.9. The second kappa shape index (κ2) is 9.01. The first-order chi connectivity index (χ1) is 15.4. The predicted octanol–water partition coefficient (Wildman–Crippen LogP) is 2.44. The standard InChI is InChI=1S/C22H26FN7O2/c1-13(12-32-4)26-22(31)16-10-24-21-20(16)27-17(11-25-21)19-15-6-5-14(23)9-18(15)30(28-19)8-7-29(2)3/h5-6,9-11,13H,7-8,12H2,1-4H3,(H,24,25)(H,26,31). The molecule has 0 saturated carbocycles. The van der Waals surface area contributed by atoms with Crippen LogP contribution in [0.25, 0.3) is 33.5 Å². The van der Waals surface area contributed by atoms with Crippen LogP contribution < -0.4 is 5.32 Å². The third-order valence-electron chi connectivity index (χ3n) is 5.13. The van der Waals surface area contributed by atoms with Crippen molar-refractivity contribution < 1.29 is 13.9 Å². The number of carbonyl (C=O) groups excluding carboxylic acids is 1. The molecule has 0 aliphatic heterocycles. The van der Waals surface area contributed by atoms with E-state index in [1.54, 1.807) is 30.3 Å². The molecule has 4 rings (SSSR count). The number of benzene rings is 1. The zero-order chi connectivity index (χ0) is 22.8. The maximum atomic E-state index is 14.0. The summed E-state index contributed by atoms with van der Waals surface area (Å²) in [5.41, 5.74) is 3.12. The van der Waals surface area contributed by atoms with Gasteiger partial charge in [-0.25, -0.2) is 14.4 Å². The molecule has 32 heavy (non-hydrogen) atoms. The number of nitrogens with one attached hydrogen (secondary N) is 2. The molecule has 3 heterocycles. The van der Waals surface area contributed by atoms with E-state index in [0.29, 0.717) is 46.8 Å². The van der Waals surface area contributed by atoms with Gasteiger partial charge in [-0.2, -0.15) is 5.10 Å². The Morgan fingerprint density at radius 1 is 1.38 bits per heavy atom. The number of hydrogen-bond acceptors (Lipinski definition) is 6. The Morgan fingerprint density at radius 2 is 2.19 bits per heavy atom. The number of aromatic amines is 1. The summed E-state index contributed by atoms with van der Waals surface area (Å²) in [7, 11) is 5.52. The van der Waals surface area contributed by atoms with Crippen molar-refractivity contribution in [2.24, 2.45) is 0 Å². The molecule has 1 amide bonds. The maximum Gasteiger partial charge on any atom is 0.255 e. The van der Waals surface area contributed by atoms with Crippen LogP contribution in [-0.4, -0.2) is 75.9 Å². The zero-order valence-corrected chi connectivity index (χ0v) is 18.5. The van der Waals surface area contributed by atoms with Crippen LogP contribution in [0.4, 0.5) is 4.39 Å². The average molecular weight is 439 g/mol. The molecular formula is C22H26FN7O2. The SMILES string of the molecule is COCC(C)NC(=O)c1c[nH]c2ncc(-c3nn(CCN(C)C)c4cc(F)ccc34)nc12. The van der Waals surface area contributed by atoms with Gasteiger partial charge in [-0.05, 0) is 39.2 Å². The Bertz CT molecular complexity index is 1260. The molecule has 4 aromatic rings. The zero-order valence-electron chi connectivity index (χ0n) is 18.5. The quantitative estimate of drug-likeness (QED) is 0.437. The Hall–Kier alpha value is -3.37. The topological polar surface area (TPSA) is 101 Å². The van der Waals surface area contributed by atoms with Crippen LogP contribution in [-0.2, 0) is 11.3 Å². The van der Waals surface area contributed by atoms with E-state index in [4.69, 9.17) is 14.8 Å². The Labute approximate surface area is 184 Å². The molecule has 1 atom stereocenters. The van der Waals surface area contributed by atoms with E-state index in [1.165, 1.54) is 12.1 Å². The summed E-state index contributed by atoms with van der Waals surface area (Å²) in [6.07, 6.45) is 3.20. The molecular weight excluding hydrogens is 413 g/mol. The van der Waals surface area contributed by atoms with E-state index in [1.807, 2.05) is 25.9 Å². The first-order valence-corrected chi connectivity index (χ1v) is 10.3. The third-order valence-corrected chi connectivity index (χ3v) is 5.13. The largest absolute Gasteiger partial charge is 0.383 e. The van der Waals surface area contributed by atoms with Gasteiger partial charge in [0.25, 0.3) is 5.91 Å². The van der Waals surface area contributed by atoms with Crippen LogP contribution >= 0.6 is 0 Å². The number of ether oxygens (including phenoxy) is 1. The molecule has 1 aromatic carbocycles. The monoisotopic (exact) mass is 439 g/mol. The number of methoxy groups -OCH3 is 1. The molecule has 1 unspecified atom stereocenters. The van der Waals surface area contributed by atoms with E-state index in [2.05, 4.69) is 15.3 Å². The number of fused-ring (bicyclic) bond motifs is 2. The van der Waals surface area contributed by atoms with Crippen molar-refractivity contribution in [3.63, 3.8) is 0 Å². The van der Waals surface area contributed by atoms with E-state index in [0.717, 1.165) is 11.9 Å². The Morgan fingerprint density at radius 3 is 2.94 bits per heavy atom. The summed E-state index contributed by atoms with van der Waals surface area (Å²) >= 11 is 0. The number of aromatic nitrogens is 5. The van der Waals surface area contributed by atoms with Gasteiger partial charge in [0, 0.05) is 31.3 Å². The van der Waals surface area contributed by atoms with Gasteiger partial charge in [-0.3, -0.25) is 9.48 Å². The lowest BCUT2D eigenvalue weighted by molar-refractivity contribution is 0.0907. The molecule has 0 saturated heterocycles. The van der Waals surface area contributed by atoms with Crippen LogP contribution in [0, 0.1) is 5.82 Å². The van der Waals surface area contributed by atoms with Crippen molar-refractivity contribution in [1.29, 1.82) is 0 Å². The fourth-order valence-corrected chi connectivity index (χ4v) is 3.57. The smallest absolute Gasteiger partial charge is 0.255 e. The van der Waals surface area contributed by atoms with Crippen LogP contribution in [0.2, 0.25) is 0 Å². The molecule has 10 heteroatoms. The lowest BCUT2D eigenvalue weighted by Crippen LogP contribution is -2.35. The third kappa shape index (κ3) is 4.32. The van der Waals surface area contributed by atoms with Crippen molar-refractivity contribution in [3.8, 4) is 11.4 Å².